The zero-order chi connectivity index (χ0) is 22.8. The van der Waals surface area contributed by atoms with Gasteiger partial charge in [0, 0.05) is 5.56 Å². The molecule has 1 aliphatic heterocycles. The topological polar surface area (TPSA) is 136 Å². The smallest absolute Gasteiger partial charge is 0.208 e. The maximum atomic E-state index is 13.1. The van der Waals surface area contributed by atoms with E-state index >= 15 is 0 Å². The predicted molar refractivity (Wildman–Crippen MR) is 104 cm³/mol. The van der Waals surface area contributed by atoms with Crippen molar-refractivity contribution in [3.05, 3.63) is 35.4 Å². The summed E-state index contributed by atoms with van der Waals surface area (Å²) >= 11 is 0. The van der Waals surface area contributed by atoms with Gasteiger partial charge in [0.05, 0.1) is 41.0 Å². The Kier molecular flexibility index (Phi) is 6.64. The lowest BCUT2D eigenvalue weighted by atomic mass is 9.89. The van der Waals surface area contributed by atoms with E-state index in [0.29, 0.717) is 28.4 Å². The molecule has 2 aromatic rings. The van der Waals surface area contributed by atoms with Gasteiger partial charge in [0.25, 0.3) is 0 Å². The minimum atomic E-state index is -5.35. The SMILES string of the molecule is COc1cc(C(=O)C2COc3c(ccc(OC)c3OP(=O)([O-])[O-])C2)cc(OC)c1OC. The van der Waals surface area contributed by atoms with Crippen LogP contribution in [0.1, 0.15) is 15.9 Å². The van der Waals surface area contributed by atoms with Gasteiger partial charge < -0.3 is 42.6 Å². The first-order valence-electron chi connectivity index (χ1n) is 9.10. The molecule has 0 aromatic heterocycles. The molecule has 168 valence electrons. The fourth-order valence-corrected chi connectivity index (χ4v) is 3.80. The average Bonchev–Trinajstić information content (AvgIpc) is 2.76. The molecular formula is C20H21O10P-2. The fourth-order valence-electron chi connectivity index (χ4n) is 3.40. The van der Waals surface area contributed by atoms with E-state index < -0.39 is 13.7 Å². The van der Waals surface area contributed by atoms with Crippen LogP contribution in [0.2, 0.25) is 0 Å². The second-order valence-corrected chi connectivity index (χ2v) is 7.69. The molecule has 0 saturated carbocycles. The number of hydrogen-bond acceptors (Lipinski definition) is 10. The molecule has 0 fully saturated rings. The maximum absolute atomic E-state index is 13.1. The van der Waals surface area contributed by atoms with Crippen LogP contribution in [0.3, 0.4) is 0 Å². The number of ether oxygens (including phenoxy) is 5. The minimum Gasteiger partial charge on any atom is -0.780 e. The molecule has 0 aliphatic carbocycles. The Morgan fingerprint density at radius 3 is 2.10 bits per heavy atom. The van der Waals surface area contributed by atoms with E-state index in [1.807, 2.05) is 0 Å². The standard InChI is InChI=1S/C20H23O10P/c1-25-14-6-5-11-7-13(10-29-18(11)20(14)30-31(22,23)24)17(21)12-8-15(26-2)19(28-4)16(9-12)27-3/h5-6,8-9,13H,7,10H2,1-4H3,(H2,22,23,24)/p-2. The van der Waals surface area contributed by atoms with Crippen molar-refractivity contribution >= 4 is 13.6 Å². The Hall–Kier alpha value is -2.94. The summed E-state index contributed by atoms with van der Waals surface area (Å²) in [5.41, 5.74) is 0.835. The van der Waals surface area contributed by atoms with Gasteiger partial charge in [-0.05, 0) is 30.2 Å². The largest absolute Gasteiger partial charge is 0.780 e. The van der Waals surface area contributed by atoms with E-state index in [4.69, 9.17) is 23.7 Å². The highest BCUT2D eigenvalue weighted by atomic mass is 31.2. The Bertz CT molecular complexity index is 1000. The number of carbonyl (C=O) groups is 1. The molecule has 11 heteroatoms. The van der Waals surface area contributed by atoms with Crippen molar-refractivity contribution in [2.75, 3.05) is 35.0 Å². The molecule has 0 N–H and O–H groups in total. The van der Waals surface area contributed by atoms with Crippen LogP contribution in [-0.2, 0) is 11.0 Å². The number of rotatable bonds is 8. The van der Waals surface area contributed by atoms with Crippen LogP contribution in [0.4, 0.5) is 0 Å². The van der Waals surface area contributed by atoms with E-state index in [1.54, 1.807) is 18.2 Å². The summed E-state index contributed by atoms with van der Waals surface area (Å²) in [4.78, 5) is 35.4. The monoisotopic (exact) mass is 452 g/mol. The quantitative estimate of drug-likeness (QED) is 0.427. The molecule has 0 spiro atoms. The predicted octanol–water partition coefficient (Wildman–Crippen LogP) is 1.36. The maximum Gasteiger partial charge on any atom is 0.208 e. The molecule has 10 nitrogen and oxygen atoms in total. The third kappa shape index (κ3) is 4.71. The van der Waals surface area contributed by atoms with Gasteiger partial charge in [0.1, 0.15) is 7.82 Å². The molecule has 3 rings (SSSR count). The molecule has 2 aromatic carbocycles. The van der Waals surface area contributed by atoms with Gasteiger partial charge in [-0.15, -0.1) is 0 Å². The number of hydrogen-bond donors (Lipinski definition) is 0. The first-order valence-corrected chi connectivity index (χ1v) is 10.6. The highest BCUT2D eigenvalue weighted by Crippen LogP contribution is 2.48. The van der Waals surface area contributed by atoms with Gasteiger partial charge in [-0.1, -0.05) is 6.07 Å². The summed E-state index contributed by atoms with van der Waals surface area (Å²) in [5, 5.41) is 0. The lowest BCUT2D eigenvalue weighted by Gasteiger charge is -2.33. The molecule has 0 amide bonds. The summed E-state index contributed by atoms with van der Waals surface area (Å²) < 4.78 is 42.3. The van der Waals surface area contributed by atoms with Crippen molar-refractivity contribution in [2.24, 2.45) is 5.92 Å². The second kappa shape index (κ2) is 9.05. The zero-order valence-corrected chi connectivity index (χ0v) is 18.2. The normalized spacial score (nSPS) is 15.4. The molecule has 0 bridgehead atoms. The third-order valence-electron chi connectivity index (χ3n) is 4.80. The molecular weight excluding hydrogens is 431 g/mol. The number of ketones is 1. The molecule has 1 atom stereocenters. The van der Waals surface area contributed by atoms with Crippen molar-refractivity contribution in [3.63, 3.8) is 0 Å². The number of methoxy groups -OCH3 is 4. The fraction of sp³-hybridized carbons (Fsp3) is 0.350. The highest BCUT2D eigenvalue weighted by Gasteiger charge is 2.31. The second-order valence-electron chi connectivity index (χ2n) is 6.61. The van der Waals surface area contributed by atoms with Gasteiger partial charge in [0.2, 0.25) is 11.5 Å². The van der Waals surface area contributed by atoms with E-state index in [1.165, 1.54) is 34.5 Å². The van der Waals surface area contributed by atoms with Crippen molar-refractivity contribution in [1.82, 2.24) is 0 Å². The average molecular weight is 452 g/mol. The molecule has 1 aliphatic rings. The summed E-state index contributed by atoms with van der Waals surface area (Å²) in [7, 11) is 0.313. The van der Waals surface area contributed by atoms with Gasteiger partial charge in [-0.3, -0.25) is 4.79 Å². The number of Topliss-reactive ketones (excluding diaryl/α,β-unsaturated/α-hetero) is 1. The lowest BCUT2D eigenvalue weighted by Crippen LogP contribution is -2.29. The number of fused-ring (bicyclic) bond motifs is 1. The van der Waals surface area contributed by atoms with Crippen LogP contribution in [-0.4, -0.2) is 40.8 Å². The van der Waals surface area contributed by atoms with Crippen molar-refractivity contribution in [3.8, 4) is 34.5 Å². The number of carbonyl (C=O) groups excluding carboxylic acids is 1. The summed E-state index contributed by atoms with van der Waals surface area (Å²) in [6, 6.07) is 6.16. The summed E-state index contributed by atoms with van der Waals surface area (Å²) in [5.74, 6) is -0.0224. The van der Waals surface area contributed by atoms with Gasteiger partial charge in [0.15, 0.2) is 28.8 Å². The zero-order valence-electron chi connectivity index (χ0n) is 17.3. The Morgan fingerprint density at radius 2 is 1.58 bits per heavy atom. The van der Waals surface area contributed by atoms with E-state index in [0.717, 1.165) is 0 Å². The van der Waals surface area contributed by atoms with Gasteiger partial charge in [-0.25, -0.2) is 0 Å². The lowest BCUT2D eigenvalue weighted by molar-refractivity contribution is -0.333. The van der Waals surface area contributed by atoms with Gasteiger partial charge >= 0.3 is 0 Å². The Labute approximate surface area is 178 Å². The Balaban J connectivity index is 1.93. The van der Waals surface area contributed by atoms with Crippen LogP contribution in [0, 0.1) is 5.92 Å². The van der Waals surface area contributed by atoms with Crippen LogP contribution in [0.5, 0.6) is 34.5 Å². The van der Waals surface area contributed by atoms with Gasteiger partial charge in [-0.2, -0.15) is 0 Å². The first kappa shape index (κ1) is 22.7. The first-order chi connectivity index (χ1) is 14.7. The molecule has 1 heterocycles. The third-order valence-corrected chi connectivity index (χ3v) is 5.20. The Morgan fingerprint density at radius 1 is 0.968 bits per heavy atom. The van der Waals surface area contributed by atoms with Crippen LogP contribution < -0.4 is 38.0 Å². The summed E-state index contributed by atoms with van der Waals surface area (Å²) in [6.45, 7) is -0.0615. The van der Waals surface area contributed by atoms with Crippen molar-refractivity contribution < 1.29 is 47.4 Å². The van der Waals surface area contributed by atoms with Crippen molar-refractivity contribution in [1.29, 1.82) is 0 Å². The molecule has 0 radical (unpaired) electrons. The molecule has 0 saturated heterocycles. The molecule has 31 heavy (non-hydrogen) atoms. The van der Waals surface area contributed by atoms with Crippen LogP contribution in [0.25, 0.3) is 0 Å². The summed E-state index contributed by atoms with van der Waals surface area (Å²) in [6.07, 6.45) is 0.229. The van der Waals surface area contributed by atoms with Crippen LogP contribution >= 0.6 is 7.82 Å². The molecule has 1 unspecified atom stereocenters. The minimum absolute atomic E-state index is 0.0279. The highest BCUT2D eigenvalue weighted by molar-refractivity contribution is 7.43. The van der Waals surface area contributed by atoms with Crippen LogP contribution in [0.15, 0.2) is 24.3 Å². The number of phosphoric acid groups is 1. The number of phosphoric ester groups is 1. The van der Waals surface area contributed by atoms with E-state index in [9.17, 15) is 19.1 Å². The number of benzene rings is 2. The van der Waals surface area contributed by atoms with E-state index in [2.05, 4.69) is 4.52 Å². The van der Waals surface area contributed by atoms with Crippen molar-refractivity contribution in [2.45, 2.75) is 6.42 Å². The van der Waals surface area contributed by atoms with E-state index in [-0.39, 0.29) is 36.1 Å².